The first kappa shape index (κ1) is 22.0. The highest BCUT2D eigenvalue weighted by molar-refractivity contribution is 9.10. The Morgan fingerprint density at radius 3 is 2.37 bits per heavy atom. The van der Waals surface area contributed by atoms with E-state index in [1.54, 1.807) is 10.6 Å². The Bertz CT molecular complexity index is 869. The summed E-state index contributed by atoms with van der Waals surface area (Å²) in [5, 5.41) is 1.19. The summed E-state index contributed by atoms with van der Waals surface area (Å²) in [5.41, 5.74) is 0.595. The molecule has 1 heterocycles. The van der Waals surface area contributed by atoms with Crippen molar-refractivity contribution in [2.24, 2.45) is 5.92 Å². The smallest absolute Gasteiger partial charge is 0.262 e. The van der Waals surface area contributed by atoms with Gasteiger partial charge in [-0.05, 0) is 51.8 Å². The first-order chi connectivity index (χ1) is 12.6. The van der Waals surface area contributed by atoms with Gasteiger partial charge in [-0.25, -0.2) is 4.98 Å². The average Bonchev–Trinajstić information content (AvgIpc) is 2.55. The van der Waals surface area contributed by atoms with Crippen LogP contribution in [-0.4, -0.2) is 38.2 Å². The van der Waals surface area contributed by atoms with Crippen LogP contribution in [0.25, 0.3) is 10.9 Å². The summed E-state index contributed by atoms with van der Waals surface area (Å²) in [6.07, 6.45) is 0. The highest BCUT2D eigenvalue weighted by atomic mass is 79.9. The molecule has 1 aromatic heterocycles. The van der Waals surface area contributed by atoms with Crippen LogP contribution in [0.4, 0.5) is 0 Å². The van der Waals surface area contributed by atoms with Gasteiger partial charge >= 0.3 is 0 Å². The third kappa shape index (κ3) is 5.35. The molecule has 0 unspecified atom stereocenters. The summed E-state index contributed by atoms with van der Waals surface area (Å²) in [6.45, 7) is 12.8. The Morgan fingerprint density at radius 1 is 1.19 bits per heavy atom. The molecule has 0 saturated carbocycles. The second kappa shape index (κ2) is 9.24. The molecule has 5 nitrogen and oxygen atoms in total. The lowest BCUT2D eigenvalue weighted by Gasteiger charge is -2.30. The first-order valence-corrected chi connectivity index (χ1v) is 11.0. The van der Waals surface area contributed by atoms with Gasteiger partial charge in [0, 0.05) is 23.1 Å². The van der Waals surface area contributed by atoms with Crippen molar-refractivity contribution in [3.63, 3.8) is 0 Å². The number of carbonyl (C=O) groups excluding carboxylic acids is 1. The lowest BCUT2D eigenvalue weighted by molar-refractivity contribution is -0.131. The quantitative estimate of drug-likeness (QED) is 0.455. The number of fused-ring (bicyclic) bond motifs is 1. The standard InChI is InChI=1S/C20H28BrN3O2S/c1-12(2)10-23-19(26)16-9-15(21)7-8-17(16)22-20(23)27-11-18(25)24(13(3)4)14(5)6/h7-9,12-14H,10-11H2,1-6H3. The number of halogens is 1. The Morgan fingerprint density at radius 2 is 1.81 bits per heavy atom. The zero-order valence-electron chi connectivity index (χ0n) is 16.8. The van der Waals surface area contributed by atoms with Crippen molar-refractivity contribution in [2.45, 2.75) is 65.3 Å². The molecule has 27 heavy (non-hydrogen) atoms. The fourth-order valence-corrected chi connectivity index (χ4v) is 4.42. The van der Waals surface area contributed by atoms with Crippen LogP contribution in [0.15, 0.2) is 32.6 Å². The zero-order chi connectivity index (χ0) is 20.3. The number of carbonyl (C=O) groups is 1. The van der Waals surface area contributed by atoms with Crippen LogP contribution in [-0.2, 0) is 11.3 Å². The summed E-state index contributed by atoms with van der Waals surface area (Å²) >= 11 is 4.76. The maximum absolute atomic E-state index is 13.0. The van der Waals surface area contributed by atoms with Crippen LogP contribution in [0.2, 0.25) is 0 Å². The molecule has 0 fully saturated rings. The molecule has 148 valence electrons. The van der Waals surface area contributed by atoms with Gasteiger partial charge in [0.1, 0.15) is 0 Å². The van der Waals surface area contributed by atoms with Crippen molar-refractivity contribution >= 4 is 44.5 Å². The monoisotopic (exact) mass is 453 g/mol. The molecule has 0 aliphatic rings. The fourth-order valence-electron chi connectivity index (χ4n) is 3.18. The van der Waals surface area contributed by atoms with Gasteiger partial charge in [0.05, 0.1) is 16.7 Å². The van der Waals surface area contributed by atoms with E-state index < -0.39 is 0 Å². The summed E-state index contributed by atoms with van der Waals surface area (Å²) in [6, 6.07) is 5.79. The second-order valence-electron chi connectivity index (χ2n) is 7.64. The van der Waals surface area contributed by atoms with Crippen molar-refractivity contribution in [1.29, 1.82) is 0 Å². The molecule has 0 N–H and O–H groups in total. The third-order valence-corrected chi connectivity index (χ3v) is 5.61. The number of hydrogen-bond donors (Lipinski definition) is 0. The van der Waals surface area contributed by atoms with Gasteiger partial charge in [0.25, 0.3) is 5.56 Å². The van der Waals surface area contributed by atoms with E-state index in [0.29, 0.717) is 28.5 Å². The normalized spacial score (nSPS) is 11.8. The molecule has 1 aromatic carbocycles. The number of aromatic nitrogens is 2. The highest BCUT2D eigenvalue weighted by Crippen LogP contribution is 2.22. The molecule has 0 aliphatic carbocycles. The van der Waals surface area contributed by atoms with E-state index in [2.05, 4.69) is 34.8 Å². The summed E-state index contributed by atoms with van der Waals surface area (Å²) in [7, 11) is 0. The molecule has 1 amide bonds. The SMILES string of the molecule is CC(C)Cn1c(SCC(=O)N(C(C)C)C(C)C)nc2ccc(Br)cc2c1=O. The molecule has 0 spiro atoms. The van der Waals surface area contributed by atoms with Crippen LogP contribution in [0.3, 0.4) is 0 Å². The molecule has 2 aromatic rings. The zero-order valence-corrected chi connectivity index (χ0v) is 19.2. The minimum Gasteiger partial charge on any atom is -0.337 e. The van der Waals surface area contributed by atoms with Crippen molar-refractivity contribution < 1.29 is 4.79 Å². The van der Waals surface area contributed by atoms with Crippen LogP contribution >= 0.6 is 27.7 Å². The second-order valence-corrected chi connectivity index (χ2v) is 9.50. The van der Waals surface area contributed by atoms with E-state index in [-0.39, 0.29) is 29.3 Å². The van der Waals surface area contributed by atoms with Gasteiger partial charge in [0.15, 0.2) is 5.16 Å². The number of rotatable bonds is 7. The van der Waals surface area contributed by atoms with Gasteiger partial charge in [-0.2, -0.15) is 0 Å². The van der Waals surface area contributed by atoms with Crippen molar-refractivity contribution in [1.82, 2.24) is 14.5 Å². The van der Waals surface area contributed by atoms with E-state index >= 15 is 0 Å². The van der Waals surface area contributed by atoms with Crippen LogP contribution < -0.4 is 5.56 Å². The highest BCUT2D eigenvalue weighted by Gasteiger charge is 2.21. The maximum atomic E-state index is 13.0. The fraction of sp³-hybridized carbons (Fsp3) is 0.550. The van der Waals surface area contributed by atoms with E-state index in [1.165, 1.54) is 11.8 Å². The molecule has 2 rings (SSSR count). The van der Waals surface area contributed by atoms with Crippen molar-refractivity contribution in [3.8, 4) is 0 Å². The van der Waals surface area contributed by atoms with Crippen molar-refractivity contribution in [2.75, 3.05) is 5.75 Å². The predicted octanol–water partition coefficient (Wildman–Crippen LogP) is 4.55. The van der Waals surface area contributed by atoms with Gasteiger partial charge in [0.2, 0.25) is 5.91 Å². The maximum Gasteiger partial charge on any atom is 0.262 e. The number of hydrogen-bond acceptors (Lipinski definition) is 4. The lowest BCUT2D eigenvalue weighted by Crippen LogP contribution is -2.43. The minimum atomic E-state index is -0.0606. The van der Waals surface area contributed by atoms with Gasteiger partial charge in [-0.3, -0.25) is 14.2 Å². The Kier molecular flexibility index (Phi) is 7.51. The Balaban J connectivity index is 2.40. The Labute approximate surface area is 173 Å². The molecule has 0 radical (unpaired) electrons. The van der Waals surface area contributed by atoms with Gasteiger partial charge in [-0.15, -0.1) is 0 Å². The van der Waals surface area contributed by atoms with E-state index in [4.69, 9.17) is 0 Å². The van der Waals surface area contributed by atoms with E-state index in [9.17, 15) is 9.59 Å². The third-order valence-electron chi connectivity index (χ3n) is 4.15. The summed E-state index contributed by atoms with van der Waals surface area (Å²) < 4.78 is 2.55. The molecule has 7 heteroatoms. The van der Waals surface area contributed by atoms with Gasteiger partial charge < -0.3 is 4.90 Å². The summed E-state index contributed by atoms with van der Waals surface area (Å²) in [4.78, 5) is 32.3. The summed E-state index contributed by atoms with van der Waals surface area (Å²) in [5.74, 6) is 0.626. The lowest BCUT2D eigenvalue weighted by atomic mass is 10.2. The Hall–Kier alpha value is -1.34. The molecule has 0 aliphatic heterocycles. The van der Waals surface area contributed by atoms with Gasteiger partial charge in [-0.1, -0.05) is 41.5 Å². The van der Waals surface area contributed by atoms with Crippen LogP contribution in [0.1, 0.15) is 41.5 Å². The van der Waals surface area contributed by atoms with E-state index in [1.807, 2.05) is 44.7 Å². The number of thioether (sulfide) groups is 1. The molecular weight excluding hydrogens is 426 g/mol. The van der Waals surface area contributed by atoms with Crippen LogP contribution in [0, 0.1) is 5.92 Å². The minimum absolute atomic E-state index is 0.0606. The molecule has 0 bridgehead atoms. The van der Waals surface area contributed by atoms with Crippen molar-refractivity contribution in [3.05, 3.63) is 33.0 Å². The largest absolute Gasteiger partial charge is 0.337 e. The molecule has 0 atom stereocenters. The number of benzene rings is 1. The topological polar surface area (TPSA) is 55.2 Å². The number of nitrogens with zero attached hydrogens (tertiary/aromatic N) is 3. The van der Waals surface area contributed by atoms with E-state index in [0.717, 1.165) is 4.47 Å². The molecule has 0 saturated heterocycles. The molecular formula is C20H28BrN3O2S. The average molecular weight is 454 g/mol. The predicted molar refractivity (Wildman–Crippen MR) is 116 cm³/mol. The number of amides is 1. The van der Waals surface area contributed by atoms with Crippen LogP contribution in [0.5, 0.6) is 0 Å². The first-order valence-electron chi connectivity index (χ1n) is 9.25.